The summed E-state index contributed by atoms with van der Waals surface area (Å²) in [7, 11) is -3.71. The lowest BCUT2D eigenvalue weighted by Gasteiger charge is -2.23. The molecule has 0 bridgehead atoms. The highest BCUT2D eigenvalue weighted by Crippen LogP contribution is 2.39. The Morgan fingerprint density at radius 3 is 2.43 bits per heavy atom. The number of carbonyl (C=O) groups is 1. The van der Waals surface area contributed by atoms with Crippen LogP contribution in [0.2, 0.25) is 5.02 Å². The van der Waals surface area contributed by atoms with Crippen LogP contribution < -0.4 is 5.14 Å². The molecule has 0 amide bonds. The van der Waals surface area contributed by atoms with Crippen molar-refractivity contribution in [2.75, 3.05) is 5.75 Å². The van der Waals surface area contributed by atoms with Crippen molar-refractivity contribution in [2.45, 2.75) is 18.9 Å². The van der Waals surface area contributed by atoms with Gasteiger partial charge in [-0.3, -0.25) is 4.79 Å². The Morgan fingerprint density at radius 1 is 1.33 bits per heavy atom. The van der Waals surface area contributed by atoms with Gasteiger partial charge in [-0.25, -0.2) is 13.6 Å². The molecule has 21 heavy (non-hydrogen) atoms. The van der Waals surface area contributed by atoms with Crippen molar-refractivity contribution in [3.63, 3.8) is 0 Å². The van der Waals surface area contributed by atoms with E-state index in [0.29, 0.717) is 10.6 Å². The average molecular weight is 332 g/mol. The predicted octanol–water partition coefficient (Wildman–Crippen LogP) is 1.60. The van der Waals surface area contributed by atoms with Crippen molar-refractivity contribution in [1.82, 2.24) is 0 Å². The van der Waals surface area contributed by atoms with Crippen LogP contribution in [0.15, 0.2) is 35.8 Å². The van der Waals surface area contributed by atoms with E-state index in [9.17, 15) is 18.3 Å². The number of carbonyl (C=O) groups excluding carboxylic acids is 1. The fourth-order valence-electron chi connectivity index (χ4n) is 2.06. The first-order chi connectivity index (χ1) is 9.63. The third-order valence-corrected chi connectivity index (χ3v) is 4.27. The normalized spacial score (nSPS) is 22.5. The van der Waals surface area contributed by atoms with Crippen LogP contribution in [0.1, 0.15) is 18.9 Å². The van der Waals surface area contributed by atoms with Crippen LogP contribution in [-0.4, -0.2) is 25.1 Å². The SMILES string of the molecule is CC1(c2ccc(Cl)cc2)OC(CCS(N)(=O)=O)=C(O)C1=O. The molecule has 3 N–H and O–H groups in total. The average Bonchev–Trinajstić information content (AvgIpc) is 2.62. The molecule has 114 valence electrons. The quantitative estimate of drug-likeness (QED) is 0.871. The Bertz CT molecular complexity index is 711. The Hall–Kier alpha value is -1.57. The second-order valence-corrected chi connectivity index (χ2v) is 7.03. The molecule has 2 rings (SSSR count). The predicted molar refractivity (Wildman–Crippen MR) is 77.1 cm³/mol. The van der Waals surface area contributed by atoms with E-state index in [0.717, 1.165) is 0 Å². The van der Waals surface area contributed by atoms with E-state index in [1.807, 2.05) is 0 Å². The lowest BCUT2D eigenvalue weighted by Crippen LogP contribution is -2.31. The molecule has 6 nitrogen and oxygen atoms in total. The van der Waals surface area contributed by atoms with Crippen molar-refractivity contribution < 1.29 is 23.1 Å². The summed E-state index contributed by atoms with van der Waals surface area (Å²) in [6, 6.07) is 6.41. The van der Waals surface area contributed by atoms with E-state index in [1.54, 1.807) is 24.3 Å². The number of hydrogen-bond donors (Lipinski definition) is 2. The summed E-state index contributed by atoms with van der Waals surface area (Å²) in [5.41, 5.74) is -0.892. The van der Waals surface area contributed by atoms with Crippen LogP contribution in [0.5, 0.6) is 0 Å². The molecule has 0 saturated carbocycles. The number of Topliss-reactive ketones (excluding diaryl/α,β-unsaturated/α-hetero) is 1. The van der Waals surface area contributed by atoms with Crippen molar-refractivity contribution in [3.05, 3.63) is 46.4 Å². The maximum absolute atomic E-state index is 12.2. The lowest BCUT2D eigenvalue weighted by molar-refractivity contribution is -0.131. The summed E-state index contributed by atoms with van der Waals surface area (Å²) in [4.78, 5) is 12.2. The Balaban J connectivity index is 2.27. The van der Waals surface area contributed by atoms with Gasteiger partial charge in [0.15, 0.2) is 5.60 Å². The zero-order valence-corrected chi connectivity index (χ0v) is 12.7. The summed E-state index contributed by atoms with van der Waals surface area (Å²) in [5, 5.41) is 15.3. The number of aliphatic hydroxyl groups excluding tert-OH is 1. The van der Waals surface area contributed by atoms with Crippen LogP contribution in [0.3, 0.4) is 0 Å². The lowest BCUT2D eigenvalue weighted by atomic mass is 9.92. The minimum absolute atomic E-state index is 0.0773. The highest BCUT2D eigenvalue weighted by atomic mass is 35.5. The second-order valence-electron chi connectivity index (χ2n) is 4.86. The number of ether oxygens (including phenoxy) is 1. The molecule has 8 heteroatoms. The van der Waals surface area contributed by atoms with Crippen LogP contribution in [0, 0.1) is 0 Å². The number of rotatable bonds is 4. The van der Waals surface area contributed by atoms with Gasteiger partial charge < -0.3 is 9.84 Å². The largest absolute Gasteiger partial charge is 0.502 e. The Labute approximate surface area is 127 Å². The molecular formula is C13H14ClNO5S. The number of halogens is 1. The number of nitrogens with two attached hydrogens (primary N) is 1. The number of hydrogen-bond acceptors (Lipinski definition) is 5. The van der Waals surface area contributed by atoms with E-state index < -0.39 is 32.9 Å². The molecule has 1 aliphatic heterocycles. The van der Waals surface area contributed by atoms with Gasteiger partial charge in [-0.05, 0) is 19.1 Å². The summed E-state index contributed by atoms with van der Waals surface area (Å²) in [5.74, 6) is -1.70. The number of ketones is 1. The molecule has 1 aromatic carbocycles. The molecule has 0 spiro atoms. The minimum Gasteiger partial charge on any atom is -0.502 e. The molecule has 0 saturated heterocycles. The number of benzene rings is 1. The molecule has 1 aliphatic rings. The number of primary sulfonamides is 1. The van der Waals surface area contributed by atoms with E-state index in [-0.39, 0.29) is 12.2 Å². The van der Waals surface area contributed by atoms with Gasteiger partial charge in [0.25, 0.3) is 0 Å². The van der Waals surface area contributed by atoms with Crippen LogP contribution in [0.25, 0.3) is 0 Å². The van der Waals surface area contributed by atoms with Gasteiger partial charge in [-0.2, -0.15) is 0 Å². The van der Waals surface area contributed by atoms with Crippen LogP contribution in [0.4, 0.5) is 0 Å². The smallest absolute Gasteiger partial charge is 0.248 e. The zero-order valence-electron chi connectivity index (χ0n) is 11.2. The van der Waals surface area contributed by atoms with Gasteiger partial charge >= 0.3 is 0 Å². The highest BCUT2D eigenvalue weighted by molar-refractivity contribution is 7.89. The first kappa shape index (κ1) is 15.8. The van der Waals surface area contributed by atoms with E-state index >= 15 is 0 Å². The number of aliphatic hydroxyl groups is 1. The molecule has 1 unspecified atom stereocenters. The second kappa shape index (κ2) is 5.32. The van der Waals surface area contributed by atoms with Gasteiger partial charge in [0.05, 0.1) is 5.75 Å². The first-order valence-electron chi connectivity index (χ1n) is 6.06. The van der Waals surface area contributed by atoms with Gasteiger partial charge in [-0.1, -0.05) is 23.7 Å². The summed E-state index contributed by atoms with van der Waals surface area (Å²) < 4.78 is 27.4. The monoisotopic (exact) mass is 331 g/mol. The minimum atomic E-state index is -3.71. The molecule has 1 aromatic rings. The van der Waals surface area contributed by atoms with Crippen molar-refractivity contribution in [1.29, 1.82) is 0 Å². The maximum Gasteiger partial charge on any atom is 0.248 e. The molecule has 0 fully saturated rings. The fraction of sp³-hybridized carbons (Fsp3) is 0.308. The standard InChI is InChI=1S/C13H14ClNO5S/c1-13(8-2-4-9(14)5-3-8)12(17)11(16)10(20-13)6-7-21(15,18)19/h2-5,16H,6-7H2,1H3,(H2,15,18,19). The van der Waals surface area contributed by atoms with Crippen molar-refractivity contribution in [2.24, 2.45) is 5.14 Å². The summed E-state index contributed by atoms with van der Waals surface area (Å²) in [6.07, 6.45) is -0.167. The number of allylic oxidation sites excluding steroid dienone is 1. The Kier molecular flexibility index (Phi) is 4.01. The maximum atomic E-state index is 12.2. The van der Waals surface area contributed by atoms with Gasteiger partial charge in [0, 0.05) is 17.0 Å². The highest BCUT2D eigenvalue weighted by Gasteiger charge is 2.47. The summed E-state index contributed by atoms with van der Waals surface area (Å²) >= 11 is 5.79. The van der Waals surface area contributed by atoms with E-state index in [2.05, 4.69) is 0 Å². The van der Waals surface area contributed by atoms with Crippen LogP contribution in [-0.2, 0) is 25.2 Å². The molecular weight excluding hydrogens is 318 g/mol. The van der Waals surface area contributed by atoms with E-state index in [4.69, 9.17) is 21.5 Å². The molecule has 1 heterocycles. The van der Waals surface area contributed by atoms with Gasteiger partial charge in [-0.15, -0.1) is 0 Å². The van der Waals surface area contributed by atoms with Crippen molar-refractivity contribution in [3.8, 4) is 0 Å². The first-order valence-corrected chi connectivity index (χ1v) is 8.15. The molecule has 0 aromatic heterocycles. The molecule has 0 radical (unpaired) electrons. The summed E-state index contributed by atoms with van der Waals surface area (Å²) in [6.45, 7) is 1.50. The molecule has 0 aliphatic carbocycles. The van der Waals surface area contributed by atoms with Gasteiger partial charge in [0.2, 0.25) is 21.6 Å². The van der Waals surface area contributed by atoms with Gasteiger partial charge in [0.1, 0.15) is 5.76 Å². The molecule has 1 atom stereocenters. The topological polar surface area (TPSA) is 107 Å². The third kappa shape index (κ3) is 3.20. The zero-order chi connectivity index (χ0) is 15.8. The van der Waals surface area contributed by atoms with Crippen molar-refractivity contribution >= 4 is 27.4 Å². The fourth-order valence-corrected chi connectivity index (χ4v) is 2.65. The number of sulfonamides is 1. The Morgan fingerprint density at radius 2 is 1.90 bits per heavy atom. The van der Waals surface area contributed by atoms with Crippen LogP contribution >= 0.6 is 11.6 Å². The van der Waals surface area contributed by atoms with E-state index in [1.165, 1.54) is 6.92 Å². The third-order valence-electron chi connectivity index (χ3n) is 3.25.